The Labute approximate surface area is 85.4 Å². The van der Waals surface area contributed by atoms with Gasteiger partial charge < -0.3 is 5.73 Å². The van der Waals surface area contributed by atoms with Crippen molar-refractivity contribution in [2.45, 2.75) is 38.5 Å². The molecular weight excluding hydrogens is 180 g/mol. The van der Waals surface area contributed by atoms with E-state index in [0.717, 1.165) is 17.6 Å². The van der Waals surface area contributed by atoms with Crippen molar-refractivity contribution < 1.29 is 0 Å². The summed E-state index contributed by atoms with van der Waals surface area (Å²) in [7, 11) is 0. The molecule has 3 heteroatoms. The molecule has 2 nitrogen and oxygen atoms in total. The third-order valence-electron chi connectivity index (χ3n) is 2.74. The Morgan fingerprint density at radius 3 is 2.69 bits per heavy atom. The molecule has 0 aromatic carbocycles. The van der Waals surface area contributed by atoms with E-state index >= 15 is 0 Å². The number of nitrogens with two attached hydrogens (primary N) is 1. The highest BCUT2D eigenvalue weighted by molar-refractivity contribution is 8.13. The first-order valence-electron chi connectivity index (χ1n) is 5.17. The third kappa shape index (κ3) is 4.55. The minimum absolute atomic E-state index is 0.732. The highest BCUT2D eigenvalue weighted by Gasteiger charge is 2.12. The molecule has 0 amide bonds. The van der Waals surface area contributed by atoms with Crippen molar-refractivity contribution in [3.63, 3.8) is 0 Å². The topological polar surface area (TPSA) is 38.4 Å². The van der Waals surface area contributed by atoms with Crippen LogP contribution in [-0.4, -0.2) is 18.0 Å². The van der Waals surface area contributed by atoms with Crippen LogP contribution in [0, 0.1) is 5.92 Å². The predicted molar refractivity (Wildman–Crippen MR) is 61.2 cm³/mol. The number of thioether (sulfide) groups is 1. The lowest BCUT2D eigenvalue weighted by molar-refractivity contribution is 0.343. The van der Waals surface area contributed by atoms with Gasteiger partial charge in [-0.15, -0.1) is 0 Å². The van der Waals surface area contributed by atoms with E-state index < -0.39 is 0 Å². The van der Waals surface area contributed by atoms with Gasteiger partial charge in [0.25, 0.3) is 0 Å². The molecule has 0 atom stereocenters. The smallest absolute Gasteiger partial charge is 0.153 e. The summed E-state index contributed by atoms with van der Waals surface area (Å²) in [6.45, 7) is 0.928. The van der Waals surface area contributed by atoms with Crippen molar-refractivity contribution in [2.75, 3.05) is 12.8 Å². The summed E-state index contributed by atoms with van der Waals surface area (Å²) < 4.78 is 0. The van der Waals surface area contributed by atoms with Gasteiger partial charge in [-0.05, 0) is 18.6 Å². The van der Waals surface area contributed by atoms with E-state index in [-0.39, 0.29) is 0 Å². The van der Waals surface area contributed by atoms with E-state index in [0.29, 0.717) is 0 Å². The van der Waals surface area contributed by atoms with Gasteiger partial charge in [0, 0.05) is 6.54 Å². The largest absolute Gasteiger partial charge is 0.379 e. The molecule has 0 heterocycles. The standard InChI is InChI=1S/C10H20N2S/c1-13-10(11)12-8-7-9-5-3-2-4-6-9/h9H,2-8H2,1H3,(H2,11,12). The van der Waals surface area contributed by atoms with Gasteiger partial charge in [0.15, 0.2) is 5.17 Å². The Morgan fingerprint density at radius 1 is 1.38 bits per heavy atom. The first kappa shape index (κ1) is 10.9. The van der Waals surface area contributed by atoms with Gasteiger partial charge in [-0.25, -0.2) is 0 Å². The first-order valence-corrected chi connectivity index (χ1v) is 6.39. The van der Waals surface area contributed by atoms with Crippen molar-refractivity contribution >= 4 is 16.9 Å². The Balaban J connectivity index is 2.10. The van der Waals surface area contributed by atoms with Gasteiger partial charge in [-0.1, -0.05) is 43.9 Å². The van der Waals surface area contributed by atoms with E-state index in [1.165, 1.54) is 50.3 Å². The molecular formula is C10H20N2S. The van der Waals surface area contributed by atoms with Gasteiger partial charge in [0.05, 0.1) is 0 Å². The Kier molecular flexibility index (Phi) is 5.28. The van der Waals surface area contributed by atoms with Gasteiger partial charge in [0.1, 0.15) is 0 Å². The maximum atomic E-state index is 5.60. The first-order chi connectivity index (χ1) is 6.33. The lowest BCUT2D eigenvalue weighted by Crippen LogP contribution is -2.10. The van der Waals surface area contributed by atoms with Crippen molar-refractivity contribution in [3.8, 4) is 0 Å². The lowest BCUT2D eigenvalue weighted by Gasteiger charge is -2.20. The number of rotatable bonds is 3. The van der Waals surface area contributed by atoms with Crippen LogP contribution >= 0.6 is 11.8 Å². The van der Waals surface area contributed by atoms with Crippen LogP contribution in [0.5, 0.6) is 0 Å². The van der Waals surface area contributed by atoms with E-state index in [4.69, 9.17) is 5.73 Å². The quantitative estimate of drug-likeness (QED) is 0.562. The van der Waals surface area contributed by atoms with Crippen molar-refractivity contribution in [1.82, 2.24) is 0 Å². The van der Waals surface area contributed by atoms with E-state index in [9.17, 15) is 0 Å². The molecule has 0 aliphatic heterocycles. The SMILES string of the molecule is CSC(N)=NCCC1CCCCC1. The van der Waals surface area contributed by atoms with Gasteiger partial charge in [-0.3, -0.25) is 4.99 Å². The summed E-state index contributed by atoms with van der Waals surface area (Å²) in [5.74, 6) is 0.923. The minimum Gasteiger partial charge on any atom is -0.379 e. The van der Waals surface area contributed by atoms with E-state index in [1.54, 1.807) is 0 Å². The number of amidine groups is 1. The van der Waals surface area contributed by atoms with Crippen LogP contribution in [-0.2, 0) is 0 Å². The molecule has 2 N–H and O–H groups in total. The number of aliphatic imine (C=N–C) groups is 1. The summed E-state index contributed by atoms with van der Waals surface area (Å²) in [4.78, 5) is 4.29. The third-order valence-corrected chi connectivity index (χ3v) is 3.29. The molecule has 1 fully saturated rings. The summed E-state index contributed by atoms with van der Waals surface area (Å²) in [5.41, 5.74) is 5.60. The van der Waals surface area contributed by atoms with Crippen molar-refractivity contribution in [2.24, 2.45) is 16.6 Å². The molecule has 0 unspecified atom stereocenters. The second-order valence-corrected chi connectivity index (χ2v) is 4.54. The lowest BCUT2D eigenvalue weighted by atomic mass is 9.87. The molecule has 1 rings (SSSR count). The monoisotopic (exact) mass is 200 g/mol. The zero-order valence-corrected chi connectivity index (χ0v) is 9.28. The summed E-state index contributed by atoms with van der Waals surface area (Å²) in [5, 5.41) is 0.732. The molecule has 1 aliphatic carbocycles. The summed E-state index contributed by atoms with van der Waals surface area (Å²) in [6.07, 6.45) is 10.3. The summed E-state index contributed by atoms with van der Waals surface area (Å²) >= 11 is 1.54. The molecule has 1 aliphatic rings. The molecule has 0 spiro atoms. The highest BCUT2D eigenvalue weighted by Crippen LogP contribution is 2.26. The van der Waals surface area contributed by atoms with Crippen LogP contribution < -0.4 is 5.73 Å². The second-order valence-electron chi connectivity index (χ2n) is 3.72. The predicted octanol–water partition coefficient (Wildman–Crippen LogP) is 2.63. The normalized spacial score (nSPS) is 20.5. The van der Waals surface area contributed by atoms with Crippen LogP contribution in [0.3, 0.4) is 0 Å². The van der Waals surface area contributed by atoms with Crippen LogP contribution in [0.4, 0.5) is 0 Å². The molecule has 0 saturated heterocycles. The Morgan fingerprint density at radius 2 is 2.08 bits per heavy atom. The van der Waals surface area contributed by atoms with Crippen molar-refractivity contribution in [3.05, 3.63) is 0 Å². The fourth-order valence-electron chi connectivity index (χ4n) is 1.90. The summed E-state index contributed by atoms with van der Waals surface area (Å²) in [6, 6.07) is 0. The average Bonchev–Trinajstić information content (AvgIpc) is 2.19. The van der Waals surface area contributed by atoms with Crippen LogP contribution in [0.2, 0.25) is 0 Å². The molecule has 0 aromatic heterocycles. The Hall–Kier alpha value is -0.180. The van der Waals surface area contributed by atoms with Gasteiger partial charge in [-0.2, -0.15) is 0 Å². The van der Waals surface area contributed by atoms with E-state index in [1.807, 2.05) is 6.26 Å². The fourth-order valence-corrected chi connectivity index (χ4v) is 2.12. The molecule has 0 radical (unpaired) electrons. The maximum absolute atomic E-state index is 5.60. The number of hydrogen-bond acceptors (Lipinski definition) is 2. The van der Waals surface area contributed by atoms with Crippen LogP contribution in [0.15, 0.2) is 4.99 Å². The molecule has 0 bridgehead atoms. The Bertz CT molecular complexity index is 162. The van der Waals surface area contributed by atoms with E-state index in [2.05, 4.69) is 4.99 Å². The zero-order chi connectivity index (χ0) is 9.52. The molecule has 1 saturated carbocycles. The fraction of sp³-hybridized carbons (Fsp3) is 0.900. The van der Waals surface area contributed by atoms with Crippen LogP contribution in [0.25, 0.3) is 0 Å². The van der Waals surface area contributed by atoms with Crippen LogP contribution in [0.1, 0.15) is 38.5 Å². The van der Waals surface area contributed by atoms with Crippen molar-refractivity contribution in [1.29, 1.82) is 0 Å². The average molecular weight is 200 g/mol. The molecule has 0 aromatic rings. The minimum atomic E-state index is 0.732. The number of nitrogens with zero attached hydrogens (tertiary/aromatic N) is 1. The van der Waals surface area contributed by atoms with Gasteiger partial charge >= 0.3 is 0 Å². The zero-order valence-electron chi connectivity index (χ0n) is 8.46. The highest BCUT2D eigenvalue weighted by atomic mass is 32.2. The second kappa shape index (κ2) is 6.30. The molecule has 76 valence electrons. The maximum Gasteiger partial charge on any atom is 0.153 e. The molecule has 13 heavy (non-hydrogen) atoms. The van der Waals surface area contributed by atoms with Gasteiger partial charge in [0.2, 0.25) is 0 Å². The number of hydrogen-bond donors (Lipinski definition) is 1.